The first-order valence-electron chi connectivity index (χ1n) is 8.08. The van der Waals surface area contributed by atoms with Crippen LogP contribution < -0.4 is 5.73 Å². The third-order valence-corrected chi connectivity index (χ3v) is 5.41. The zero-order valence-corrected chi connectivity index (χ0v) is 14.7. The number of rotatable bonds is 1. The minimum absolute atomic E-state index is 0.0139. The monoisotopic (exact) mass is 387 g/mol. The molecule has 0 radical (unpaired) electrons. The Kier molecular flexibility index (Phi) is 3.81. The molecule has 6 heteroatoms. The molecule has 2 fully saturated rings. The van der Waals surface area contributed by atoms with E-state index in [4.69, 9.17) is 5.73 Å². The zero-order chi connectivity index (χ0) is 16.8. The molecule has 0 aliphatic carbocycles. The molecule has 2 unspecified atom stereocenters. The van der Waals surface area contributed by atoms with Gasteiger partial charge in [0.25, 0.3) is 5.91 Å². The van der Waals surface area contributed by atoms with Gasteiger partial charge in [-0.15, -0.1) is 0 Å². The highest BCUT2D eigenvalue weighted by atomic mass is 79.9. The van der Waals surface area contributed by atoms with E-state index in [0.717, 1.165) is 15.2 Å². The number of halogens is 1. The van der Waals surface area contributed by atoms with Gasteiger partial charge in [0.2, 0.25) is 5.91 Å². The first-order valence-corrected chi connectivity index (χ1v) is 8.87. The maximum Gasteiger partial charge on any atom is 0.254 e. The Balaban J connectivity index is 1.64. The third-order valence-electron chi connectivity index (χ3n) is 4.95. The number of piperazine rings is 1. The van der Waals surface area contributed by atoms with Gasteiger partial charge in [0.1, 0.15) is 0 Å². The molecule has 2 aliphatic rings. The van der Waals surface area contributed by atoms with Gasteiger partial charge >= 0.3 is 0 Å². The van der Waals surface area contributed by atoms with Crippen molar-refractivity contribution in [2.24, 2.45) is 5.73 Å². The van der Waals surface area contributed by atoms with E-state index in [9.17, 15) is 9.59 Å². The summed E-state index contributed by atoms with van der Waals surface area (Å²) in [5.74, 6) is 0.0278. The van der Waals surface area contributed by atoms with Crippen LogP contribution in [0.1, 0.15) is 16.8 Å². The molecule has 2 aromatic rings. The van der Waals surface area contributed by atoms with E-state index < -0.39 is 6.04 Å². The molecule has 0 bridgehead atoms. The summed E-state index contributed by atoms with van der Waals surface area (Å²) in [5.41, 5.74) is 6.56. The lowest BCUT2D eigenvalue weighted by Gasteiger charge is -2.37. The molecule has 2 heterocycles. The lowest BCUT2D eigenvalue weighted by atomic mass is 10.0. The number of carbonyl (C=O) groups is 2. The van der Waals surface area contributed by atoms with E-state index in [1.165, 1.54) is 0 Å². The summed E-state index contributed by atoms with van der Waals surface area (Å²) >= 11 is 3.50. The van der Waals surface area contributed by atoms with E-state index in [1.54, 1.807) is 0 Å². The molecule has 2 atom stereocenters. The van der Waals surface area contributed by atoms with Gasteiger partial charge < -0.3 is 15.5 Å². The van der Waals surface area contributed by atoms with Gasteiger partial charge in [-0.05, 0) is 29.3 Å². The van der Waals surface area contributed by atoms with Crippen molar-refractivity contribution in [3.63, 3.8) is 0 Å². The molecule has 5 nitrogen and oxygen atoms in total. The summed E-state index contributed by atoms with van der Waals surface area (Å²) in [6.07, 6.45) is 0.627. The minimum Gasteiger partial charge on any atom is -0.335 e. The minimum atomic E-state index is -0.420. The second-order valence-corrected chi connectivity index (χ2v) is 7.37. The molecule has 2 amide bonds. The smallest absolute Gasteiger partial charge is 0.254 e. The molecule has 2 saturated heterocycles. The predicted molar refractivity (Wildman–Crippen MR) is 95.6 cm³/mol. The Labute approximate surface area is 148 Å². The van der Waals surface area contributed by atoms with Crippen LogP contribution >= 0.6 is 15.9 Å². The maximum atomic E-state index is 13.1. The van der Waals surface area contributed by atoms with Crippen LogP contribution in [0.3, 0.4) is 0 Å². The summed E-state index contributed by atoms with van der Waals surface area (Å²) < 4.78 is 0.890. The molecule has 24 heavy (non-hydrogen) atoms. The first-order chi connectivity index (χ1) is 11.5. The fourth-order valence-corrected chi connectivity index (χ4v) is 4.24. The van der Waals surface area contributed by atoms with Crippen molar-refractivity contribution in [3.05, 3.63) is 46.4 Å². The molecule has 2 aromatic carbocycles. The average Bonchev–Trinajstić information content (AvgIpc) is 2.87. The highest BCUT2D eigenvalue weighted by Gasteiger charge is 2.41. The largest absolute Gasteiger partial charge is 0.335 e. The van der Waals surface area contributed by atoms with Crippen LogP contribution in [0.2, 0.25) is 0 Å². The number of hydrogen-bond donors (Lipinski definition) is 1. The van der Waals surface area contributed by atoms with Gasteiger partial charge in [0, 0.05) is 29.7 Å². The van der Waals surface area contributed by atoms with Crippen LogP contribution in [0.25, 0.3) is 10.8 Å². The SMILES string of the molecule is NC1CC2CN(C(=O)c3cc(Br)cc4ccccc34)CCN2C1=O. The topological polar surface area (TPSA) is 66.6 Å². The Morgan fingerprint density at radius 2 is 2.00 bits per heavy atom. The van der Waals surface area contributed by atoms with E-state index >= 15 is 0 Å². The second-order valence-electron chi connectivity index (χ2n) is 6.45. The van der Waals surface area contributed by atoms with Gasteiger partial charge in [0.05, 0.1) is 12.1 Å². The standard InChI is InChI=1S/C18H18BrN3O2/c19-12-7-11-3-1-2-4-14(11)15(8-12)17(23)21-5-6-22-13(10-21)9-16(20)18(22)24/h1-4,7-8,13,16H,5-6,9-10,20H2. The highest BCUT2D eigenvalue weighted by Crippen LogP contribution is 2.28. The molecule has 124 valence electrons. The Hall–Kier alpha value is -1.92. The molecule has 4 rings (SSSR count). The summed E-state index contributed by atoms with van der Waals surface area (Å²) in [6, 6.07) is 11.4. The second kappa shape index (κ2) is 5.86. The number of nitrogens with two attached hydrogens (primary N) is 1. The van der Waals surface area contributed by atoms with Gasteiger partial charge in [-0.3, -0.25) is 9.59 Å². The van der Waals surface area contributed by atoms with Crippen LogP contribution in [0.15, 0.2) is 40.9 Å². The van der Waals surface area contributed by atoms with Gasteiger partial charge in [0.15, 0.2) is 0 Å². The van der Waals surface area contributed by atoms with E-state index in [2.05, 4.69) is 15.9 Å². The molecule has 2 aliphatic heterocycles. The van der Waals surface area contributed by atoms with Crippen molar-refractivity contribution in [1.82, 2.24) is 9.80 Å². The van der Waals surface area contributed by atoms with Crippen molar-refractivity contribution in [2.75, 3.05) is 19.6 Å². The average molecular weight is 388 g/mol. The molecule has 0 spiro atoms. The van der Waals surface area contributed by atoms with E-state index in [1.807, 2.05) is 46.2 Å². The quantitative estimate of drug-likeness (QED) is 0.813. The van der Waals surface area contributed by atoms with Crippen LogP contribution in [0, 0.1) is 0 Å². The lowest BCUT2D eigenvalue weighted by Crippen LogP contribution is -2.53. The number of carbonyl (C=O) groups excluding carboxylic acids is 2. The Morgan fingerprint density at radius 1 is 1.21 bits per heavy atom. The maximum absolute atomic E-state index is 13.1. The fraction of sp³-hybridized carbons (Fsp3) is 0.333. The van der Waals surface area contributed by atoms with Crippen molar-refractivity contribution in [3.8, 4) is 0 Å². The van der Waals surface area contributed by atoms with Gasteiger partial charge in [-0.25, -0.2) is 0 Å². The Bertz CT molecular complexity index is 838. The number of fused-ring (bicyclic) bond motifs is 2. The third kappa shape index (κ3) is 2.50. The van der Waals surface area contributed by atoms with Gasteiger partial charge in [-0.1, -0.05) is 40.2 Å². The zero-order valence-electron chi connectivity index (χ0n) is 13.1. The molecule has 0 aromatic heterocycles. The van der Waals surface area contributed by atoms with Crippen LogP contribution in [-0.4, -0.2) is 53.3 Å². The van der Waals surface area contributed by atoms with E-state index in [-0.39, 0.29) is 17.9 Å². The lowest BCUT2D eigenvalue weighted by molar-refractivity contribution is -0.131. The van der Waals surface area contributed by atoms with E-state index in [0.29, 0.717) is 31.6 Å². The summed E-state index contributed by atoms with van der Waals surface area (Å²) in [7, 11) is 0. The van der Waals surface area contributed by atoms with Crippen LogP contribution in [0.4, 0.5) is 0 Å². The van der Waals surface area contributed by atoms with Crippen molar-refractivity contribution in [2.45, 2.75) is 18.5 Å². The Morgan fingerprint density at radius 3 is 2.83 bits per heavy atom. The first kappa shape index (κ1) is 15.6. The predicted octanol–water partition coefficient (Wildman–Crippen LogP) is 1.99. The number of nitrogens with zero attached hydrogens (tertiary/aromatic N) is 2. The van der Waals surface area contributed by atoms with Crippen LogP contribution in [0.5, 0.6) is 0 Å². The molecular formula is C18H18BrN3O2. The number of hydrogen-bond acceptors (Lipinski definition) is 3. The van der Waals surface area contributed by atoms with Crippen LogP contribution in [-0.2, 0) is 4.79 Å². The van der Waals surface area contributed by atoms with Gasteiger partial charge in [-0.2, -0.15) is 0 Å². The number of amides is 2. The van der Waals surface area contributed by atoms with Crippen molar-refractivity contribution in [1.29, 1.82) is 0 Å². The van der Waals surface area contributed by atoms with Crippen molar-refractivity contribution >= 4 is 38.5 Å². The number of benzene rings is 2. The highest BCUT2D eigenvalue weighted by molar-refractivity contribution is 9.10. The molecule has 2 N–H and O–H groups in total. The fourth-order valence-electron chi connectivity index (χ4n) is 3.76. The van der Waals surface area contributed by atoms with Crippen molar-refractivity contribution < 1.29 is 9.59 Å². The summed E-state index contributed by atoms with van der Waals surface area (Å²) in [4.78, 5) is 28.8. The summed E-state index contributed by atoms with van der Waals surface area (Å²) in [5, 5.41) is 1.99. The molecule has 0 saturated carbocycles. The molecular weight excluding hydrogens is 370 g/mol. The normalized spacial score (nSPS) is 23.7. The summed E-state index contributed by atoms with van der Waals surface area (Å²) in [6.45, 7) is 1.67.